The van der Waals surface area contributed by atoms with Crippen LogP contribution in [0.5, 0.6) is 0 Å². The minimum Gasteiger partial charge on any atom is -0.337 e. The van der Waals surface area contributed by atoms with Crippen LogP contribution in [0.1, 0.15) is 0 Å². The lowest BCUT2D eigenvalue weighted by Crippen LogP contribution is -1.79. The van der Waals surface area contributed by atoms with E-state index in [4.69, 9.17) is 0 Å². The number of aromatic amines is 2. The molecule has 2 heterocycles. The predicted molar refractivity (Wildman–Crippen MR) is 79.1 cm³/mol. The van der Waals surface area contributed by atoms with E-state index in [2.05, 4.69) is 20.2 Å². The van der Waals surface area contributed by atoms with E-state index in [-0.39, 0.29) is 5.82 Å². The number of halogens is 1. The fraction of sp³-hybridized carbons (Fsp3) is 0. The maximum atomic E-state index is 13.2. The molecular weight excluding hydrogens is 267 g/mol. The number of hydrogen-bond donors (Lipinski definition) is 2. The number of nitrogens with zero attached hydrogens (tertiary/aromatic N) is 2. The first-order valence-corrected chi connectivity index (χ1v) is 6.56. The van der Waals surface area contributed by atoms with Gasteiger partial charge in [-0.05, 0) is 24.3 Å². The maximum Gasteiger partial charge on any atom is 0.156 e. The summed E-state index contributed by atoms with van der Waals surface area (Å²) in [6.45, 7) is 0. The average molecular weight is 278 g/mol. The van der Waals surface area contributed by atoms with Crippen LogP contribution in [0.2, 0.25) is 0 Å². The molecule has 0 unspecified atom stereocenters. The van der Waals surface area contributed by atoms with Crippen LogP contribution in [0.15, 0.2) is 54.6 Å². The number of H-pyrrole nitrogens is 2. The van der Waals surface area contributed by atoms with Gasteiger partial charge in [-0.2, -0.15) is 5.10 Å². The van der Waals surface area contributed by atoms with Gasteiger partial charge in [0, 0.05) is 5.56 Å². The monoisotopic (exact) mass is 278 g/mol. The Labute approximate surface area is 119 Å². The fourth-order valence-corrected chi connectivity index (χ4v) is 2.31. The zero-order valence-corrected chi connectivity index (χ0v) is 11.0. The molecule has 0 radical (unpaired) electrons. The van der Waals surface area contributed by atoms with Gasteiger partial charge in [-0.25, -0.2) is 9.37 Å². The molecule has 0 aliphatic heterocycles. The summed E-state index contributed by atoms with van der Waals surface area (Å²) in [5.74, 6) is 0.359. The largest absolute Gasteiger partial charge is 0.337 e. The van der Waals surface area contributed by atoms with Crippen LogP contribution in [-0.4, -0.2) is 20.2 Å². The van der Waals surface area contributed by atoms with E-state index in [0.29, 0.717) is 11.3 Å². The summed E-state index contributed by atoms with van der Waals surface area (Å²) in [6, 6.07) is 16.3. The third-order valence-electron chi connectivity index (χ3n) is 3.35. The molecule has 21 heavy (non-hydrogen) atoms. The standard InChI is InChI=1S/C16H11FN4/c17-11-6-7-12-14(8-11)19-16(18-12)15-9-13(20-21-15)10-4-2-1-3-5-10/h1-9H,(H,18,19)(H,20,21). The summed E-state index contributed by atoms with van der Waals surface area (Å²) in [6.07, 6.45) is 0. The molecule has 102 valence electrons. The first-order chi connectivity index (χ1) is 10.3. The molecule has 0 saturated carbocycles. The second-order valence-corrected chi connectivity index (χ2v) is 4.78. The van der Waals surface area contributed by atoms with Crippen molar-refractivity contribution in [2.45, 2.75) is 0 Å². The number of nitrogens with one attached hydrogen (secondary N) is 2. The summed E-state index contributed by atoms with van der Waals surface area (Å²) in [5.41, 5.74) is 4.04. The summed E-state index contributed by atoms with van der Waals surface area (Å²) < 4.78 is 13.2. The highest BCUT2D eigenvalue weighted by Crippen LogP contribution is 2.24. The van der Waals surface area contributed by atoms with E-state index in [1.54, 1.807) is 6.07 Å². The number of rotatable bonds is 2. The quantitative estimate of drug-likeness (QED) is 0.586. The van der Waals surface area contributed by atoms with Crippen LogP contribution in [0, 0.1) is 5.82 Å². The van der Waals surface area contributed by atoms with Gasteiger partial charge in [0.25, 0.3) is 0 Å². The summed E-state index contributed by atoms with van der Waals surface area (Å²) in [7, 11) is 0. The van der Waals surface area contributed by atoms with Crippen LogP contribution in [-0.2, 0) is 0 Å². The van der Waals surface area contributed by atoms with E-state index in [9.17, 15) is 4.39 Å². The lowest BCUT2D eigenvalue weighted by Gasteiger charge is -1.92. The molecule has 0 aliphatic carbocycles. The molecule has 4 rings (SSSR count). The van der Waals surface area contributed by atoms with Crippen molar-refractivity contribution in [1.82, 2.24) is 20.2 Å². The number of hydrogen-bond acceptors (Lipinski definition) is 2. The highest BCUT2D eigenvalue weighted by molar-refractivity contribution is 5.79. The van der Waals surface area contributed by atoms with Gasteiger partial charge in [0.05, 0.1) is 16.7 Å². The SMILES string of the molecule is Fc1ccc2nc(-c3cc(-c4ccccc4)n[nH]3)[nH]c2c1. The van der Waals surface area contributed by atoms with E-state index >= 15 is 0 Å². The van der Waals surface area contributed by atoms with Crippen molar-refractivity contribution < 1.29 is 4.39 Å². The Morgan fingerprint density at radius 3 is 2.67 bits per heavy atom. The van der Waals surface area contributed by atoms with Gasteiger partial charge in [0.15, 0.2) is 5.82 Å². The predicted octanol–water partition coefficient (Wildman–Crippen LogP) is 3.76. The van der Waals surface area contributed by atoms with Gasteiger partial charge in [0.2, 0.25) is 0 Å². The Morgan fingerprint density at radius 1 is 0.952 bits per heavy atom. The van der Waals surface area contributed by atoms with Crippen LogP contribution < -0.4 is 0 Å². The Balaban J connectivity index is 1.77. The number of imidazole rings is 1. The maximum absolute atomic E-state index is 13.2. The zero-order valence-electron chi connectivity index (χ0n) is 11.0. The molecule has 0 aliphatic rings. The molecule has 5 heteroatoms. The third kappa shape index (κ3) is 2.08. The molecule has 0 amide bonds. The normalized spacial score (nSPS) is 11.1. The molecule has 0 spiro atoms. The second kappa shape index (κ2) is 4.56. The highest BCUT2D eigenvalue weighted by atomic mass is 19.1. The lowest BCUT2D eigenvalue weighted by atomic mass is 10.1. The van der Waals surface area contributed by atoms with E-state index in [1.807, 2.05) is 36.4 Å². The zero-order chi connectivity index (χ0) is 14.2. The Morgan fingerprint density at radius 2 is 1.81 bits per heavy atom. The van der Waals surface area contributed by atoms with Crippen LogP contribution >= 0.6 is 0 Å². The van der Waals surface area contributed by atoms with Crippen molar-refractivity contribution in [2.24, 2.45) is 0 Å². The van der Waals surface area contributed by atoms with Crippen molar-refractivity contribution >= 4 is 11.0 Å². The molecular formula is C16H11FN4. The average Bonchev–Trinajstić information content (AvgIpc) is 3.14. The third-order valence-corrected chi connectivity index (χ3v) is 3.35. The van der Waals surface area contributed by atoms with Gasteiger partial charge >= 0.3 is 0 Å². The molecule has 2 N–H and O–H groups in total. The van der Waals surface area contributed by atoms with Crippen LogP contribution in [0.3, 0.4) is 0 Å². The number of aromatic nitrogens is 4. The molecule has 4 aromatic rings. The molecule has 0 fully saturated rings. The van der Waals surface area contributed by atoms with Crippen molar-refractivity contribution in [1.29, 1.82) is 0 Å². The first-order valence-electron chi connectivity index (χ1n) is 6.56. The Hall–Kier alpha value is -2.95. The molecule has 0 bridgehead atoms. The summed E-state index contributed by atoms with van der Waals surface area (Å²) in [5, 5.41) is 7.25. The Kier molecular flexibility index (Phi) is 2.57. The topological polar surface area (TPSA) is 57.4 Å². The van der Waals surface area contributed by atoms with Crippen LogP contribution in [0.25, 0.3) is 33.8 Å². The minimum atomic E-state index is -0.285. The first kappa shape index (κ1) is 11.8. The molecule has 4 nitrogen and oxygen atoms in total. The molecule has 2 aromatic carbocycles. The van der Waals surface area contributed by atoms with Crippen molar-refractivity contribution in [3.05, 3.63) is 60.4 Å². The Bertz CT molecular complexity index is 908. The van der Waals surface area contributed by atoms with E-state index in [1.165, 1.54) is 12.1 Å². The van der Waals surface area contributed by atoms with Gasteiger partial charge in [-0.1, -0.05) is 30.3 Å². The summed E-state index contributed by atoms with van der Waals surface area (Å²) >= 11 is 0. The molecule has 0 saturated heterocycles. The van der Waals surface area contributed by atoms with Gasteiger partial charge in [0.1, 0.15) is 11.5 Å². The van der Waals surface area contributed by atoms with Crippen molar-refractivity contribution in [3.63, 3.8) is 0 Å². The molecule has 0 atom stereocenters. The number of fused-ring (bicyclic) bond motifs is 1. The van der Waals surface area contributed by atoms with Gasteiger partial charge in [-0.15, -0.1) is 0 Å². The van der Waals surface area contributed by atoms with E-state index in [0.717, 1.165) is 22.5 Å². The van der Waals surface area contributed by atoms with Crippen LogP contribution in [0.4, 0.5) is 4.39 Å². The van der Waals surface area contributed by atoms with Gasteiger partial charge in [-0.3, -0.25) is 5.10 Å². The minimum absolute atomic E-state index is 0.285. The number of benzene rings is 2. The highest BCUT2D eigenvalue weighted by Gasteiger charge is 2.10. The lowest BCUT2D eigenvalue weighted by molar-refractivity contribution is 0.629. The smallest absolute Gasteiger partial charge is 0.156 e. The molecule has 2 aromatic heterocycles. The van der Waals surface area contributed by atoms with Crippen molar-refractivity contribution in [3.8, 4) is 22.8 Å². The van der Waals surface area contributed by atoms with E-state index < -0.39 is 0 Å². The second-order valence-electron chi connectivity index (χ2n) is 4.78. The fourth-order valence-electron chi connectivity index (χ4n) is 2.31. The van der Waals surface area contributed by atoms with Crippen molar-refractivity contribution in [2.75, 3.05) is 0 Å². The summed E-state index contributed by atoms with van der Waals surface area (Å²) in [4.78, 5) is 7.53. The van der Waals surface area contributed by atoms with Gasteiger partial charge < -0.3 is 4.98 Å².